The largest absolute Gasteiger partial charge is 0.394 e. The Morgan fingerprint density at radius 2 is 1.71 bits per heavy atom. The lowest BCUT2D eigenvalue weighted by atomic mass is 9.99. The zero-order valence-electron chi connectivity index (χ0n) is 11.0. The second-order valence-corrected chi connectivity index (χ2v) is 4.72. The first-order valence-electron chi connectivity index (χ1n) is 6.25. The van der Waals surface area contributed by atoms with Gasteiger partial charge in [0.25, 0.3) is 0 Å². The van der Waals surface area contributed by atoms with E-state index in [1.807, 2.05) is 0 Å². The lowest BCUT2D eigenvalue weighted by molar-refractivity contribution is -0.306. The molecule has 1 rings (SSSR count). The van der Waals surface area contributed by atoms with Gasteiger partial charge in [-0.3, -0.25) is 0 Å². The zero-order valence-corrected chi connectivity index (χ0v) is 11.0. The third kappa shape index (κ3) is 4.39. The van der Waals surface area contributed by atoms with E-state index in [-0.39, 0.29) is 6.29 Å². The molecule has 8 unspecified atom stereocenters. The maximum atomic E-state index is 10.3. The van der Waals surface area contributed by atoms with Crippen LogP contribution in [0.25, 0.3) is 0 Å². The fourth-order valence-electron chi connectivity index (χ4n) is 1.81. The molecule has 10 heteroatoms. The monoisotopic (exact) mass is 312 g/mol. The van der Waals surface area contributed by atoms with Crippen LogP contribution in [0, 0.1) is 0 Å². The van der Waals surface area contributed by atoms with E-state index in [1.54, 1.807) is 0 Å². The molecular formula is C11H20O10. The summed E-state index contributed by atoms with van der Waals surface area (Å²) >= 11 is 0. The van der Waals surface area contributed by atoms with E-state index in [2.05, 4.69) is 0 Å². The highest BCUT2D eigenvalue weighted by atomic mass is 16.7. The first-order valence-corrected chi connectivity index (χ1v) is 6.25. The van der Waals surface area contributed by atoms with Gasteiger partial charge in [0.15, 0.2) is 12.6 Å². The third-order valence-corrected chi connectivity index (χ3v) is 3.16. The van der Waals surface area contributed by atoms with E-state index in [0.29, 0.717) is 0 Å². The summed E-state index contributed by atoms with van der Waals surface area (Å²) < 4.78 is 9.92. The Bertz CT molecular complexity index is 324. The Labute approximate surface area is 119 Å². The van der Waals surface area contributed by atoms with Crippen LogP contribution in [0.15, 0.2) is 0 Å². The van der Waals surface area contributed by atoms with Gasteiger partial charge in [0.1, 0.15) is 42.7 Å². The molecule has 0 radical (unpaired) electrons. The molecule has 1 heterocycles. The van der Waals surface area contributed by atoms with Crippen molar-refractivity contribution in [1.82, 2.24) is 0 Å². The molecule has 1 fully saturated rings. The van der Waals surface area contributed by atoms with E-state index in [1.165, 1.54) is 0 Å². The molecule has 0 bridgehead atoms. The number of hydrogen-bond donors (Lipinski definition) is 7. The highest BCUT2D eigenvalue weighted by Gasteiger charge is 2.44. The van der Waals surface area contributed by atoms with Crippen molar-refractivity contribution < 1.29 is 50.0 Å². The fraction of sp³-hybridized carbons (Fsp3) is 0.909. The van der Waals surface area contributed by atoms with Gasteiger partial charge in [-0.05, 0) is 0 Å². The van der Waals surface area contributed by atoms with Crippen LogP contribution in [-0.2, 0) is 14.3 Å². The van der Waals surface area contributed by atoms with Crippen molar-refractivity contribution in [1.29, 1.82) is 0 Å². The zero-order chi connectivity index (χ0) is 16.2. The Morgan fingerprint density at radius 3 is 2.24 bits per heavy atom. The first-order chi connectivity index (χ1) is 9.83. The number of hydrogen-bond acceptors (Lipinski definition) is 10. The molecule has 124 valence electrons. The molecule has 0 spiro atoms. The molecule has 0 amide bonds. The average molecular weight is 312 g/mol. The summed E-state index contributed by atoms with van der Waals surface area (Å²) in [6.45, 7) is -1.27. The van der Waals surface area contributed by atoms with Gasteiger partial charge in [-0.15, -0.1) is 0 Å². The standard InChI is InChI=1S/C11H20O10/c12-1-4(14)7(16)5(15)3-20-11-10(19)9(18)8(17)6(2-13)21-11/h1,4-11,13-19H,2-3H2. The Balaban J connectivity index is 2.55. The van der Waals surface area contributed by atoms with Crippen molar-refractivity contribution >= 4 is 6.29 Å². The number of aldehydes is 1. The second-order valence-electron chi connectivity index (χ2n) is 4.72. The molecule has 7 N–H and O–H groups in total. The van der Waals surface area contributed by atoms with E-state index in [4.69, 9.17) is 19.7 Å². The maximum Gasteiger partial charge on any atom is 0.186 e. The number of aliphatic hydroxyl groups excluding tert-OH is 7. The van der Waals surface area contributed by atoms with Gasteiger partial charge in [-0.1, -0.05) is 0 Å². The van der Waals surface area contributed by atoms with E-state index in [9.17, 15) is 30.3 Å². The Morgan fingerprint density at radius 1 is 1.10 bits per heavy atom. The predicted octanol–water partition coefficient (Wildman–Crippen LogP) is -4.92. The number of ether oxygens (including phenoxy) is 2. The van der Waals surface area contributed by atoms with Gasteiger partial charge in [-0.2, -0.15) is 0 Å². The number of rotatable bonds is 7. The van der Waals surface area contributed by atoms with Crippen molar-refractivity contribution in [3.63, 3.8) is 0 Å². The lowest BCUT2D eigenvalue weighted by Crippen LogP contribution is -2.59. The van der Waals surface area contributed by atoms with Crippen molar-refractivity contribution in [3.8, 4) is 0 Å². The molecule has 1 saturated heterocycles. The molecule has 0 aliphatic carbocycles. The molecule has 1 aliphatic heterocycles. The quantitative estimate of drug-likeness (QED) is 0.225. The van der Waals surface area contributed by atoms with Gasteiger partial charge < -0.3 is 50.0 Å². The number of carbonyl (C=O) groups excluding carboxylic acids is 1. The maximum absolute atomic E-state index is 10.3. The molecule has 0 aromatic carbocycles. The summed E-state index contributed by atoms with van der Waals surface area (Å²) in [6.07, 6.45) is -12.7. The highest BCUT2D eigenvalue weighted by Crippen LogP contribution is 2.22. The Hall–Kier alpha value is -0.690. The number of aliphatic hydroxyl groups is 7. The van der Waals surface area contributed by atoms with Gasteiger partial charge in [0, 0.05) is 0 Å². The molecule has 1 aliphatic rings. The van der Waals surface area contributed by atoms with Gasteiger partial charge >= 0.3 is 0 Å². The summed E-state index contributed by atoms with van der Waals surface area (Å²) in [4.78, 5) is 10.3. The predicted molar refractivity (Wildman–Crippen MR) is 63.8 cm³/mol. The molecule has 10 nitrogen and oxygen atoms in total. The summed E-state index contributed by atoms with van der Waals surface area (Å²) in [5, 5.41) is 65.5. The van der Waals surface area contributed by atoms with Crippen LogP contribution < -0.4 is 0 Å². The third-order valence-electron chi connectivity index (χ3n) is 3.16. The van der Waals surface area contributed by atoms with Crippen LogP contribution in [0.5, 0.6) is 0 Å². The summed E-state index contributed by atoms with van der Waals surface area (Å²) in [7, 11) is 0. The second kappa shape index (κ2) is 8.08. The van der Waals surface area contributed by atoms with E-state index >= 15 is 0 Å². The average Bonchev–Trinajstić information content (AvgIpc) is 2.50. The van der Waals surface area contributed by atoms with Crippen molar-refractivity contribution in [3.05, 3.63) is 0 Å². The van der Waals surface area contributed by atoms with Crippen LogP contribution in [0.4, 0.5) is 0 Å². The molecule has 0 aromatic rings. The van der Waals surface area contributed by atoms with Crippen molar-refractivity contribution in [2.45, 2.75) is 49.0 Å². The summed E-state index contributed by atoms with van der Waals surface area (Å²) in [5.74, 6) is 0. The minimum absolute atomic E-state index is 0.0295. The van der Waals surface area contributed by atoms with Crippen LogP contribution in [0.3, 0.4) is 0 Å². The molecule has 0 aromatic heterocycles. The molecule has 0 saturated carbocycles. The number of carbonyl (C=O) groups is 1. The smallest absolute Gasteiger partial charge is 0.186 e. The van der Waals surface area contributed by atoms with Crippen LogP contribution in [0.2, 0.25) is 0 Å². The topological polar surface area (TPSA) is 177 Å². The normalized spacial score (nSPS) is 37.8. The van der Waals surface area contributed by atoms with Crippen LogP contribution in [-0.4, -0.2) is 104 Å². The Kier molecular flexibility index (Phi) is 7.06. The highest BCUT2D eigenvalue weighted by molar-refractivity contribution is 5.56. The van der Waals surface area contributed by atoms with Crippen LogP contribution >= 0.6 is 0 Å². The molecule has 8 atom stereocenters. The van der Waals surface area contributed by atoms with E-state index in [0.717, 1.165) is 0 Å². The van der Waals surface area contributed by atoms with Crippen molar-refractivity contribution in [2.75, 3.05) is 13.2 Å². The van der Waals surface area contributed by atoms with Gasteiger partial charge in [0.2, 0.25) is 0 Å². The molecular weight excluding hydrogens is 292 g/mol. The SMILES string of the molecule is O=CC(O)C(O)C(O)COC1OC(CO)C(O)C(O)C1O. The summed E-state index contributed by atoms with van der Waals surface area (Å²) in [5.41, 5.74) is 0. The first kappa shape index (κ1) is 18.4. The molecule has 21 heavy (non-hydrogen) atoms. The minimum Gasteiger partial charge on any atom is -0.394 e. The van der Waals surface area contributed by atoms with Gasteiger partial charge in [-0.25, -0.2) is 0 Å². The summed E-state index contributed by atoms with van der Waals surface area (Å²) in [6, 6.07) is 0. The van der Waals surface area contributed by atoms with Crippen molar-refractivity contribution in [2.24, 2.45) is 0 Å². The minimum atomic E-state index is -1.81. The lowest BCUT2D eigenvalue weighted by Gasteiger charge is -2.39. The fourth-order valence-corrected chi connectivity index (χ4v) is 1.81. The van der Waals surface area contributed by atoms with Crippen LogP contribution in [0.1, 0.15) is 0 Å². The van der Waals surface area contributed by atoms with E-state index < -0.39 is 62.2 Å². The van der Waals surface area contributed by atoms with Gasteiger partial charge in [0.05, 0.1) is 13.2 Å².